The lowest BCUT2D eigenvalue weighted by Crippen LogP contribution is -1.93. The van der Waals surface area contributed by atoms with Crippen molar-refractivity contribution >= 4 is 12.2 Å². The van der Waals surface area contributed by atoms with Gasteiger partial charge in [-0.25, -0.2) is 0 Å². The van der Waals surface area contributed by atoms with Gasteiger partial charge in [-0.15, -0.1) is 0 Å². The van der Waals surface area contributed by atoms with Gasteiger partial charge in [0, 0.05) is 17.5 Å². The van der Waals surface area contributed by atoms with Gasteiger partial charge in [0.1, 0.15) is 0 Å². The maximum absolute atomic E-state index is 3.81. The van der Waals surface area contributed by atoms with Gasteiger partial charge >= 0.3 is 0 Å². The predicted octanol–water partition coefficient (Wildman–Crippen LogP) is 4.53. The average molecular weight is 205 g/mol. The second-order valence-electron chi connectivity index (χ2n) is 3.65. The average Bonchev–Trinajstić information content (AvgIpc) is 2.62. The Hall–Kier alpha value is -1.24. The summed E-state index contributed by atoms with van der Waals surface area (Å²) in [5, 5.41) is 0. The molecule has 1 heteroatoms. The third kappa shape index (κ3) is 3.78. The molecule has 0 saturated heterocycles. The van der Waals surface area contributed by atoms with Crippen molar-refractivity contribution in [2.24, 2.45) is 5.92 Å². The van der Waals surface area contributed by atoms with Crippen LogP contribution in [0.3, 0.4) is 0 Å². The Kier molecular flexibility index (Phi) is 6.52. The van der Waals surface area contributed by atoms with E-state index in [1.807, 2.05) is 32.2 Å². The van der Waals surface area contributed by atoms with E-state index in [1.165, 1.54) is 11.1 Å². The van der Waals surface area contributed by atoms with Gasteiger partial charge in [0.2, 0.25) is 0 Å². The number of hydrogen-bond acceptors (Lipinski definition) is 0. The molecule has 1 heterocycles. The quantitative estimate of drug-likeness (QED) is 0.743. The van der Waals surface area contributed by atoms with E-state index in [0.29, 0.717) is 5.92 Å². The summed E-state index contributed by atoms with van der Waals surface area (Å²) in [7, 11) is 0. The highest BCUT2D eigenvalue weighted by Gasteiger charge is 2.06. The topological polar surface area (TPSA) is 15.8 Å². The van der Waals surface area contributed by atoms with Gasteiger partial charge in [-0.05, 0) is 24.0 Å². The van der Waals surface area contributed by atoms with E-state index in [2.05, 4.69) is 32.0 Å². The van der Waals surface area contributed by atoms with Crippen molar-refractivity contribution in [3.8, 4) is 0 Å². The number of aromatic amines is 1. The summed E-state index contributed by atoms with van der Waals surface area (Å²) in [6.07, 6.45) is 6.87. The van der Waals surface area contributed by atoms with Gasteiger partial charge in [-0.1, -0.05) is 46.9 Å². The molecule has 0 amide bonds. The number of aromatic nitrogens is 1. The van der Waals surface area contributed by atoms with E-state index < -0.39 is 0 Å². The van der Waals surface area contributed by atoms with E-state index in [0.717, 1.165) is 12.1 Å². The van der Waals surface area contributed by atoms with Crippen LogP contribution in [-0.4, -0.2) is 4.98 Å². The fraction of sp³-hybridized carbons (Fsp3) is 0.429. The Morgan fingerprint density at radius 3 is 2.27 bits per heavy atom. The van der Waals surface area contributed by atoms with Gasteiger partial charge < -0.3 is 4.98 Å². The minimum atomic E-state index is 0.673. The molecule has 0 atom stereocenters. The number of H-pyrrole nitrogens is 1. The van der Waals surface area contributed by atoms with Crippen LogP contribution in [0, 0.1) is 5.92 Å². The lowest BCUT2D eigenvalue weighted by atomic mass is 10.0. The monoisotopic (exact) mass is 205 g/mol. The third-order valence-corrected chi connectivity index (χ3v) is 2.07. The number of hydrogen-bond donors (Lipinski definition) is 1. The van der Waals surface area contributed by atoms with Crippen LogP contribution < -0.4 is 0 Å². The molecule has 1 N–H and O–H groups in total. The second kappa shape index (κ2) is 7.10. The van der Waals surface area contributed by atoms with Crippen molar-refractivity contribution in [3.63, 3.8) is 0 Å². The lowest BCUT2D eigenvalue weighted by molar-refractivity contribution is 0.647. The summed E-state index contributed by atoms with van der Waals surface area (Å²) in [5.41, 5.74) is 3.61. The first-order valence-electron chi connectivity index (χ1n) is 5.64. The van der Waals surface area contributed by atoms with Crippen LogP contribution >= 0.6 is 0 Å². The molecule has 0 unspecified atom stereocenters. The Labute approximate surface area is 93.9 Å². The summed E-state index contributed by atoms with van der Waals surface area (Å²) in [6.45, 7) is 16.0. The Bertz CT molecular complexity index is 305. The molecule has 15 heavy (non-hydrogen) atoms. The van der Waals surface area contributed by atoms with Gasteiger partial charge in [-0.2, -0.15) is 0 Å². The maximum atomic E-state index is 3.81. The summed E-state index contributed by atoms with van der Waals surface area (Å²) >= 11 is 0. The normalized spacial score (nSPS) is 9.40. The predicted molar refractivity (Wildman–Crippen MR) is 70.9 cm³/mol. The molecule has 1 nitrogen and oxygen atoms in total. The largest absolute Gasteiger partial charge is 0.361 e. The molecule has 1 aromatic heterocycles. The van der Waals surface area contributed by atoms with Gasteiger partial charge in [-0.3, -0.25) is 0 Å². The van der Waals surface area contributed by atoms with Crippen molar-refractivity contribution in [1.82, 2.24) is 4.98 Å². The van der Waals surface area contributed by atoms with Gasteiger partial charge in [0.25, 0.3) is 0 Å². The first-order chi connectivity index (χ1) is 7.19. The van der Waals surface area contributed by atoms with Gasteiger partial charge in [0.15, 0.2) is 0 Å². The van der Waals surface area contributed by atoms with Gasteiger partial charge in [0.05, 0.1) is 0 Å². The molecule has 0 aliphatic rings. The van der Waals surface area contributed by atoms with Crippen molar-refractivity contribution in [2.75, 3.05) is 0 Å². The zero-order valence-electron chi connectivity index (χ0n) is 10.4. The minimum Gasteiger partial charge on any atom is -0.361 e. The smallest absolute Gasteiger partial charge is 0.0450 e. The fourth-order valence-corrected chi connectivity index (χ4v) is 1.51. The Balaban J connectivity index is 0.000000921. The van der Waals surface area contributed by atoms with E-state index in [4.69, 9.17) is 0 Å². The minimum absolute atomic E-state index is 0.673. The molecule has 1 rings (SSSR count). The molecule has 0 aromatic carbocycles. The first kappa shape index (κ1) is 13.8. The molecule has 0 aliphatic heterocycles. The van der Waals surface area contributed by atoms with Crippen LogP contribution in [0.15, 0.2) is 19.4 Å². The fourth-order valence-electron chi connectivity index (χ4n) is 1.51. The molecule has 84 valence electrons. The Morgan fingerprint density at radius 2 is 1.87 bits per heavy atom. The summed E-state index contributed by atoms with van der Waals surface area (Å²) in [4.78, 5) is 3.19. The highest BCUT2D eigenvalue weighted by Crippen LogP contribution is 2.19. The highest BCUT2D eigenvalue weighted by atomic mass is 14.7. The first-order valence-corrected chi connectivity index (χ1v) is 5.64. The van der Waals surface area contributed by atoms with Crippen LogP contribution in [0.4, 0.5) is 0 Å². The maximum Gasteiger partial charge on any atom is 0.0450 e. The third-order valence-electron chi connectivity index (χ3n) is 2.07. The van der Waals surface area contributed by atoms with Crippen LogP contribution in [0.5, 0.6) is 0 Å². The lowest BCUT2D eigenvalue weighted by Gasteiger charge is -2.03. The van der Waals surface area contributed by atoms with Crippen LogP contribution in [0.2, 0.25) is 0 Å². The van der Waals surface area contributed by atoms with E-state index in [9.17, 15) is 0 Å². The molecule has 0 radical (unpaired) electrons. The summed E-state index contributed by atoms with van der Waals surface area (Å²) < 4.78 is 0. The molecule has 0 spiro atoms. The van der Waals surface area contributed by atoms with Crippen molar-refractivity contribution in [2.45, 2.75) is 34.1 Å². The number of rotatable bonds is 4. The highest BCUT2D eigenvalue weighted by molar-refractivity contribution is 5.64. The van der Waals surface area contributed by atoms with E-state index >= 15 is 0 Å². The Morgan fingerprint density at radius 1 is 1.27 bits per heavy atom. The number of nitrogens with one attached hydrogen (secondary N) is 1. The van der Waals surface area contributed by atoms with Crippen molar-refractivity contribution in [3.05, 3.63) is 36.2 Å². The van der Waals surface area contributed by atoms with E-state index in [1.54, 1.807) is 0 Å². The molecule has 0 saturated carbocycles. The van der Waals surface area contributed by atoms with Crippen LogP contribution in [-0.2, 0) is 6.42 Å². The molecule has 0 aliphatic carbocycles. The molecule has 0 bridgehead atoms. The van der Waals surface area contributed by atoms with E-state index in [-0.39, 0.29) is 0 Å². The zero-order chi connectivity index (χ0) is 11.8. The molecule has 1 aromatic rings. The zero-order valence-corrected chi connectivity index (χ0v) is 10.4. The SMILES string of the molecule is C=Cc1[nH]cc(CC(C)C)c1C=C.CC. The summed E-state index contributed by atoms with van der Waals surface area (Å²) in [6, 6.07) is 0. The van der Waals surface area contributed by atoms with Crippen molar-refractivity contribution in [1.29, 1.82) is 0 Å². The van der Waals surface area contributed by atoms with Crippen molar-refractivity contribution < 1.29 is 0 Å². The summed E-state index contributed by atoms with van der Waals surface area (Å²) in [5.74, 6) is 0.673. The van der Waals surface area contributed by atoms with Crippen LogP contribution in [0.1, 0.15) is 44.5 Å². The van der Waals surface area contributed by atoms with Crippen LogP contribution in [0.25, 0.3) is 12.2 Å². The second-order valence-corrected chi connectivity index (χ2v) is 3.65. The molecule has 0 fully saturated rings. The molecular formula is C14H23N. The standard InChI is InChI=1S/C12H17N.C2H6/c1-5-11-10(7-9(3)4)8-13-12(11)6-2;1-2/h5-6,8-9,13H,1-2,7H2,3-4H3;1-2H3. The molecular weight excluding hydrogens is 182 g/mol.